The minimum absolute atomic E-state index is 0.0365. The first-order chi connectivity index (χ1) is 14.1. The van der Waals surface area contributed by atoms with Crippen LogP contribution in [-0.2, 0) is 10.2 Å². The number of H-pyrrole nitrogens is 1. The number of amides is 1. The van der Waals surface area contributed by atoms with Crippen molar-refractivity contribution in [2.45, 2.75) is 45.2 Å². The van der Waals surface area contributed by atoms with Gasteiger partial charge in [-0.1, -0.05) is 74.5 Å². The van der Waals surface area contributed by atoms with Gasteiger partial charge < -0.3 is 5.32 Å². The summed E-state index contributed by atoms with van der Waals surface area (Å²) < 4.78 is 0. The van der Waals surface area contributed by atoms with Crippen molar-refractivity contribution in [1.82, 2.24) is 15.2 Å². The molecule has 0 atom stereocenters. The van der Waals surface area contributed by atoms with Gasteiger partial charge in [-0.25, -0.2) is 0 Å². The monoisotopic (exact) mass is 422 g/mol. The molecular weight excluding hydrogens is 396 g/mol. The summed E-state index contributed by atoms with van der Waals surface area (Å²) in [6, 6.07) is 13.6. The first-order valence-electron chi connectivity index (χ1n) is 9.71. The Labute approximate surface area is 180 Å². The highest BCUT2D eigenvalue weighted by Crippen LogP contribution is 2.24. The first-order valence-corrected chi connectivity index (χ1v) is 10.7. The second-order valence-electron chi connectivity index (χ2n) is 8.29. The highest BCUT2D eigenvalue weighted by Gasteiger charge is 2.15. The Morgan fingerprint density at radius 1 is 1.07 bits per heavy atom. The lowest BCUT2D eigenvalue weighted by molar-refractivity contribution is -0.113. The molecule has 7 heteroatoms. The zero-order valence-corrected chi connectivity index (χ0v) is 18.7. The summed E-state index contributed by atoms with van der Waals surface area (Å²) in [6.45, 7) is 10.4. The zero-order valence-electron chi connectivity index (χ0n) is 17.9. The number of carbonyl (C=O) groups excluding carboxylic acids is 1. The molecule has 3 aromatic rings. The minimum atomic E-state index is -0.328. The topological polar surface area (TPSA) is 87.7 Å². The van der Waals surface area contributed by atoms with Gasteiger partial charge >= 0.3 is 0 Å². The fraction of sp³-hybridized carbons (Fsp3) is 0.304. The zero-order chi connectivity index (χ0) is 21.9. The average Bonchev–Trinajstić information content (AvgIpc) is 2.68. The van der Waals surface area contributed by atoms with Gasteiger partial charge in [0.2, 0.25) is 5.91 Å². The molecule has 0 aliphatic rings. The van der Waals surface area contributed by atoms with E-state index in [1.807, 2.05) is 56.3 Å². The Balaban J connectivity index is 1.65. The maximum Gasteiger partial charge on any atom is 0.278 e. The van der Waals surface area contributed by atoms with Gasteiger partial charge in [0.05, 0.1) is 5.75 Å². The average molecular weight is 423 g/mol. The maximum absolute atomic E-state index is 12.5. The molecule has 1 heterocycles. The number of aromatic nitrogens is 3. The summed E-state index contributed by atoms with van der Waals surface area (Å²) in [7, 11) is 0. The van der Waals surface area contributed by atoms with Crippen LogP contribution in [0.15, 0.2) is 52.4 Å². The number of nitrogens with zero attached hydrogens (tertiary/aromatic N) is 2. The van der Waals surface area contributed by atoms with Crippen LogP contribution >= 0.6 is 11.8 Å². The second-order valence-corrected chi connectivity index (χ2v) is 9.25. The Bertz CT molecular complexity index is 1120. The molecule has 30 heavy (non-hydrogen) atoms. The van der Waals surface area contributed by atoms with Crippen molar-refractivity contribution < 1.29 is 4.79 Å². The van der Waals surface area contributed by atoms with E-state index < -0.39 is 0 Å². The number of aromatic amines is 1. The Kier molecular flexibility index (Phi) is 6.41. The molecule has 1 aromatic heterocycles. The molecule has 6 nitrogen and oxygen atoms in total. The van der Waals surface area contributed by atoms with Crippen LogP contribution in [0.5, 0.6) is 0 Å². The van der Waals surface area contributed by atoms with Crippen LogP contribution in [0.1, 0.15) is 37.5 Å². The summed E-state index contributed by atoms with van der Waals surface area (Å²) in [5.41, 5.74) is 4.78. The lowest BCUT2D eigenvalue weighted by atomic mass is 9.86. The van der Waals surface area contributed by atoms with Gasteiger partial charge in [0.25, 0.3) is 5.56 Å². The van der Waals surface area contributed by atoms with E-state index in [1.165, 1.54) is 5.56 Å². The number of hydrogen-bond donors (Lipinski definition) is 2. The summed E-state index contributed by atoms with van der Waals surface area (Å²) in [5.74, 6) is -0.0474. The molecule has 0 fully saturated rings. The lowest BCUT2D eigenvalue weighted by Crippen LogP contribution is -2.17. The van der Waals surface area contributed by atoms with Crippen molar-refractivity contribution in [3.63, 3.8) is 0 Å². The Morgan fingerprint density at radius 3 is 2.37 bits per heavy atom. The number of thioether (sulfide) groups is 1. The van der Waals surface area contributed by atoms with E-state index in [4.69, 9.17) is 0 Å². The van der Waals surface area contributed by atoms with Crippen molar-refractivity contribution in [2.24, 2.45) is 0 Å². The quantitative estimate of drug-likeness (QED) is 0.592. The van der Waals surface area contributed by atoms with E-state index in [2.05, 4.69) is 41.3 Å². The molecule has 0 aliphatic carbocycles. The SMILES string of the molecule is Cc1ccc(NC(=O)CSc2nnc(-c3ccc(C(C)(C)C)cc3)c(=O)[nH]2)c(C)c1. The summed E-state index contributed by atoms with van der Waals surface area (Å²) >= 11 is 1.14. The number of hydrogen-bond acceptors (Lipinski definition) is 5. The van der Waals surface area contributed by atoms with Gasteiger partial charge in [-0.3, -0.25) is 14.6 Å². The van der Waals surface area contributed by atoms with Gasteiger partial charge in [0.15, 0.2) is 10.9 Å². The molecule has 0 radical (unpaired) electrons. The van der Waals surface area contributed by atoms with Crippen LogP contribution in [0, 0.1) is 13.8 Å². The molecule has 156 valence electrons. The Hall–Kier alpha value is -2.93. The highest BCUT2D eigenvalue weighted by molar-refractivity contribution is 7.99. The fourth-order valence-electron chi connectivity index (χ4n) is 2.98. The van der Waals surface area contributed by atoms with E-state index in [9.17, 15) is 9.59 Å². The van der Waals surface area contributed by atoms with Crippen LogP contribution in [0.2, 0.25) is 0 Å². The second kappa shape index (κ2) is 8.83. The van der Waals surface area contributed by atoms with Crippen molar-refractivity contribution in [2.75, 3.05) is 11.1 Å². The van der Waals surface area contributed by atoms with Gasteiger partial charge in [-0.2, -0.15) is 0 Å². The molecule has 3 rings (SSSR count). The molecule has 0 unspecified atom stereocenters. The smallest absolute Gasteiger partial charge is 0.278 e. The van der Waals surface area contributed by atoms with Crippen LogP contribution in [0.25, 0.3) is 11.3 Å². The van der Waals surface area contributed by atoms with E-state index >= 15 is 0 Å². The van der Waals surface area contributed by atoms with E-state index in [0.29, 0.717) is 10.7 Å². The van der Waals surface area contributed by atoms with Crippen LogP contribution in [-0.4, -0.2) is 26.8 Å². The third kappa shape index (κ3) is 5.36. The van der Waals surface area contributed by atoms with Crippen molar-refractivity contribution >= 4 is 23.4 Å². The minimum Gasteiger partial charge on any atom is -0.325 e. The van der Waals surface area contributed by atoms with Gasteiger partial charge in [0.1, 0.15) is 0 Å². The van der Waals surface area contributed by atoms with E-state index in [-0.39, 0.29) is 28.3 Å². The first kappa shape index (κ1) is 21.8. The molecule has 0 bridgehead atoms. The Morgan fingerprint density at radius 2 is 1.77 bits per heavy atom. The molecule has 0 aliphatic heterocycles. The molecule has 2 N–H and O–H groups in total. The fourth-order valence-corrected chi connectivity index (χ4v) is 3.58. The third-order valence-electron chi connectivity index (χ3n) is 4.70. The van der Waals surface area contributed by atoms with E-state index in [0.717, 1.165) is 28.6 Å². The predicted molar refractivity (Wildman–Crippen MR) is 122 cm³/mol. The number of anilines is 1. The number of nitrogens with one attached hydrogen (secondary N) is 2. The van der Waals surface area contributed by atoms with Crippen LogP contribution < -0.4 is 10.9 Å². The van der Waals surface area contributed by atoms with Gasteiger partial charge in [0, 0.05) is 11.3 Å². The van der Waals surface area contributed by atoms with Gasteiger partial charge in [-0.15, -0.1) is 10.2 Å². The highest BCUT2D eigenvalue weighted by atomic mass is 32.2. The lowest BCUT2D eigenvalue weighted by Gasteiger charge is -2.18. The summed E-state index contributed by atoms with van der Waals surface area (Å²) in [6.07, 6.45) is 0. The standard InChI is InChI=1S/C23H26N4O2S/c1-14-6-11-18(15(2)12-14)24-19(28)13-30-22-25-21(29)20(26-27-22)16-7-9-17(10-8-16)23(3,4)5/h6-12H,13H2,1-5H3,(H,24,28)(H,25,27,29). The molecule has 0 spiro atoms. The molecule has 0 saturated heterocycles. The van der Waals surface area contributed by atoms with Crippen molar-refractivity contribution in [3.05, 3.63) is 69.5 Å². The summed E-state index contributed by atoms with van der Waals surface area (Å²) in [4.78, 5) is 27.4. The van der Waals surface area contributed by atoms with Gasteiger partial charge in [-0.05, 0) is 36.5 Å². The largest absolute Gasteiger partial charge is 0.325 e. The normalized spacial score (nSPS) is 11.4. The van der Waals surface area contributed by atoms with Crippen molar-refractivity contribution in [3.8, 4) is 11.3 Å². The number of rotatable bonds is 5. The van der Waals surface area contributed by atoms with E-state index in [1.54, 1.807) is 0 Å². The number of carbonyl (C=O) groups is 1. The van der Waals surface area contributed by atoms with Crippen molar-refractivity contribution in [1.29, 1.82) is 0 Å². The number of benzene rings is 2. The summed E-state index contributed by atoms with van der Waals surface area (Å²) in [5, 5.41) is 11.3. The number of aryl methyl sites for hydroxylation is 2. The molecule has 2 aromatic carbocycles. The molecule has 0 saturated carbocycles. The maximum atomic E-state index is 12.5. The third-order valence-corrected chi connectivity index (χ3v) is 5.56. The van der Waals surface area contributed by atoms with Crippen LogP contribution in [0.3, 0.4) is 0 Å². The molecule has 1 amide bonds. The molecular formula is C23H26N4O2S. The predicted octanol–water partition coefficient (Wildman–Crippen LogP) is 4.48. The van der Waals surface area contributed by atoms with Crippen LogP contribution in [0.4, 0.5) is 5.69 Å².